The molecule has 0 atom stereocenters. The summed E-state index contributed by atoms with van der Waals surface area (Å²) in [6, 6.07) is 19.2. The first-order valence-electron chi connectivity index (χ1n) is 10.8. The van der Waals surface area contributed by atoms with E-state index in [2.05, 4.69) is 34.9 Å². The molecule has 3 N–H and O–H groups in total. The molecule has 0 fully saturated rings. The number of carboxylic acid groups (broad SMARTS) is 1. The number of hydrogen-bond donors (Lipinski definition) is 3. The fourth-order valence-corrected chi connectivity index (χ4v) is 4.54. The maximum atomic E-state index is 12.2. The Hall–Kier alpha value is -3.72. The Morgan fingerprint density at radius 2 is 1.62 bits per heavy atom. The molecule has 8 nitrogen and oxygen atoms in total. The molecular weight excluding hydrogens is 456 g/mol. The predicted molar refractivity (Wildman–Crippen MR) is 128 cm³/mol. The van der Waals surface area contributed by atoms with Crippen LogP contribution in [0.15, 0.2) is 65.1 Å². The molecule has 0 spiro atoms. The Kier molecular flexibility index (Phi) is 7.54. The van der Waals surface area contributed by atoms with Crippen LogP contribution in [0.25, 0.3) is 11.1 Å². The van der Waals surface area contributed by atoms with Crippen molar-refractivity contribution in [1.29, 1.82) is 0 Å². The Morgan fingerprint density at radius 3 is 2.26 bits per heavy atom. The zero-order valence-electron chi connectivity index (χ0n) is 18.3. The molecule has 0 bridgehead atoms. The van der Waals surface area contributed by atoms with E-state index in [4.69, 9.17) is 14.3 Å². The molecule has 2 amide bonds. The van der Waals surface area contributed by atoms with Crippen molar-refractivity contribution in [3.05, 3.63) is 83.3 Å². The van der Waals surface area contributed by atoms with Crippen molar-refractivity contribution in [3.8, 4) is 11.1 Å². The first kappa shape index (κ1) is 23.4. The van der Waals surface area contributed by atoms with Crippen molar-refractivity contribution in [2.24, 2.45) is 0 Å². The van der Waals surface area contributed by atoms with Gasteiger partial charge >= 0.3 is 12.1 Å². The lowest BCUT2D eigenvalue weighted by Crippen LogP contribution is -2.29. The maximum Gasteiger partial charge on any atom is 0.407 e. The summed E-state index contributed by atoms with van der Waals surface area (Å²) in [5.41, 5.74) is 4.67. The number of ether oxygens (including phenoxy) is 1. The first-order chi connectivity index (χ1) is 16.5. The zero-order chi connectivity index (χ0) is 23.9. The van der Waals surface area contributed by atoms with Crippen molar-refractivity contribution >= 4 is 29.7 Å². The van der Waals surface area contributed by atoms with Gasteiger partial charge in [0.05, 0.1) is 12.3 Å². The minimum Gasteiger partial charge on any atom is -0.475 e. The molecule has 176 valence electrons. The highest BCUT2D eigenvalue weighted by atomic mass is 32.2. The highest BCUT2D eigenvalue weighted by molar-refractivity contribution is 7.99. The third-order valence-corrected chi connectivity index (χ3v) is 6.38. The lowest BCUT2D eigenvalue weighted by Gasteiger charge is -2.14. The standard InChI is InChI=1S/C25H24N2O6S/c28-23(27-13-16-9-10-22(33-16)24(29)30)15-34-12-11-26-25(31)32-14-21-19-7-3-1-5-17(19)18-6-2-4-8-20(18)21/h1-10,21H,11-15H2,(H,26,31)(H,27,28)(H,29,30). The second kappa shape index (κ2) is 10.9. The van der Waals surface area contributed by atoms with Gasteiger partial charge in [0.1, 0.15) is 12.4 Å². The molecule has 1 aliphatic carbocycles. The maximum absolute atomic E-state index is 12.2. The summed E-state index contributed by atoms with van der Waals surface area (Å²) >= 11 is 1.37. The van der Waals surface area contributed by atoms with Crippen LogP contribution in [0.5, 0.6) is 0 Å². The Bertz CT molecular complexity index is 1150. The average Bonchev–Trinajstić information content (AvgIpc) is 3.44. The van der Waals surface area contributed by atoms with E-state index in [9.17, 15) is 14.4 Å². The smallest absolute Gasteiger partial charge is 0.407 e. The average molecular weight is 481 g/mol. The number of rotatable bonds is 10. The molecular formula is C25H24N2O6S. The summed E-state index contributed by atoms with van der Waals surface area (Å²) in [7, 11) is 0. The summed E-state index contributed by atoms with van der Waals surface area (Å²) in [4.78, 5) is 34.8. The second-order valence-corrected chi connectivity index (χ2v) is 8.76. The third kappa shape index (κ3) is 5.60. The summed E-state index contributed by atoms with van der Waals surface area (Å²) in [5, 5.41) is 14.2. The summed E-state index contributed by atoms with van der Waals surface area (Å²) in [6.07, 6.45) is -0.487. The molecule has 4 rings (SSSR count). The number of furan rings is 1. The van der Waals surface area contributed by atoms with Crippen LogP contribution in [0.3, 0.4) is 0 Å². The number of carbonyl (C=O) groups is 3. The van der Waals surface area contributed by atoms with Crippen LogP contribution in [0.2, 0.25) is 0 Å². The lowest BCUT2D eigenvalue weighted by atomic mass is 9.98. The van der Waals surface area contributed by atoms with E-state index in [1.54, 1.807) is 0 Å². The quantitative estimate of drug-likeness (QED) is 0.377. The SMILES string of the molecule is O=C(CSCCNC(=O)OCC1c2ccccc2-c2ccccc21)NCc1ccc(C(=O)O)o1. The highest BCUT2D eigenvalue weighted by Gasteiger charge is 2.28. The second-order valence-electron chi connectivity index (χ2n) is 7.65. The largest absolute Gasteiger partial charge is 0.475 e. The summed E-state index contributed by atoms with van der Waals surface area (Å²) < 4.78 is 10.6. The van der Waals surface area contributed by atoms with E-state index in [0.717, 1.165) is 11.1 Å². The van der Waals surface area contributed by atoms with Gasteiger partial charge in [0.25, 0.3) is 0 Å². The fourth-order valence-electron chi connectivity index (χ4n) is 3.86. The number of carboxylic acids is 1. The van der Waals surface area contributed by atoms with Crippen LogP contribution < -0.4 is 10.6 Å². The van der Waals surface area contributed by atoms with Gasteiger partial charge in [-0.25, -0.2) is 9.59 Å². The molecule has 1 aromatic heterocycles. The minimum absolute atomic E-state index is 0.0111. The van der Waals surface area contributed by atoms with Crippen molar-refractivity contribution in [1.82, 2.24) is 10.6 Å². The molecule has 3 aromatic rings. The number of hydrogen-bond acceptors (Lipinski definition) is 6. The Morgan fingerprint density at radius 1 is 0.941 bits per heavy atom. The number of benzene rings is 2. The molecule has 2 aromatic carbocycles. The molecule has 0 radical (unpaired) electrons. The van der Waals surface area contributed by atoms with Gasteiger partial charge in [-0.15, -0.1) is 0 Å². The number of fused-ring (bicyclic) bond motifs is 3. The molecule has 34 heavy (non-hydrogen) atoms. The fraction of sp³-hybridized carbons (Fsp3) is 0.240. The highest BCUT2D eigenvalue weighted by Crippen LogP contribution is 2.44. The van der Waals surface area contributed by atoms with Gasteiger partial charge in [0, 0.05) is 18.2 Å². The number of carbonyl (C=O) groups excluding carboxylic acids is 2. The van der Waals surface area contributed by atoms with Gasteiger partial charge in [0.2, 0.25) is 11.7 Å². The van der Waals surface area contributed by atoms with Crippen molar-refractivity contribution < 1.29 is 28.6 Å². The molecule has 9 heteroatoms. The van der Waals surface area contributed by atoms with Crippen LogP contribution in [-0.4, -0.2) is 47.7 Å². The van der Waals surface area contributed by atoms with Crippen LogP contribution in [0, 0.1) is 0 Å². The van der Waals surface area contributed by atoms with Gasteiger partial charge in [-0.2, -0.15) is 11.8 Å². The number of alkyl carbamates (subject to hydrolysis) is 1. The minimum atomic E-state index is -1.16. The first-order valence-corrected chi connectivity index (χ1v) is 11.9. The van der Waals surface area contributed by atoms with Gasteiger partial charge in [-0.1, -0.05) is 48.5 Å². The van der Waals surface area contributed by atoms with Crippen LogP contribution in [0.1, 0.15) is 33.4 Å². The van der Waals surface area contributed by atoms with E-state index < -0.39 is 12.1 Å². The van der Waals surface area contributed by atoms with E-state index in [0.29, 0.717) is 18.1 Å². The van der Waals surface area contributed by atoms with Crippen molar-refractivity contribution in [2.75, 3.05) is 24.7 Å². The Balaban J connectivity index is 1.13. The number of amides is 2. The zero-order valence-corrected chi connectivity index (χ0v) is 19.1. The number of nitrogens with one attached hydrogen (secondary N) is 2. The molecule has 0 saturated carbocycles. The normalized spacial score (nSPS) is 12.0. The summed E-state index contributed by atoms with van der Waals surface area (Å²) in [6.45, 7) is 0.741. The van der Waals surface area contributed by atoms with Gasteiger partial charge < -0.3 is 24.9 Å². The monoisotopic (exact) mass is 480 g/mol. The predicted octanol–water partition coefficient (Wildman–Crippen LogP) is 3.87. The van der Waals surface area contributed by atoms with Crippen LogP contribution in [-0.2, 0) is 16.1 Å². The van der Waals surface area contributed by atoms with Crippen LogP contribution >= 0.6 is 11.8 Å². The number of thioether (sulfide) groups is 1. The lowest BCUT2D eigenvalue weighted by molar-refractivity contribution is -0.118. The van der Waals surface area contributed by atoms with E-state index in [-0.39, 0.29) is 36.5 Å². The molecule has 0 saturated heterocycles. The van der Waals surface area contributed by atoms with E-state index in [1.807, 2.05) is 24.3 Å². The summed E-state index contributed by atoms with van der Waals surface area (Å²) in [5.74, 6) is -0.403. The molecule has 1 heterocycles. The topological polar surface area (TPSA) is 118 Å². The van der Waals surface area contributed by atoms with E-state index in [1.165, 1.54) is 35.0 Å². The van der Waals surface area contributed by atoms with Gasteiger partial charge in [0.15, 0.2) is 0 Å². The third-order valence-electron chi connectivity index (χ3n) is 5.42. The molecule has 1 aliphatic rings. The molecule has 0 aliphatic heterocycles. The van der Waals surface area contributed by atoms with Gasteiger partial charge in [-0.05, 0) is 34.4 Å². The van der Waals surface area contributed by atoms with Crippen molar-refractivity contribution in [3.63, 3.8) is 0 Å². The van der Waals surface area contributed by atoms with Crippen LogP contribution in [0.4, 0.5) is 4.79 Å². The molecule has 0 unspecified atom stereocenters. The van der Waals surface area contributed by atoms with E-state index >= 15 is 0 Å². The van der Waals surface area contributed by atoms with Crippen molar-refractivity contribution in [2.45, 2.75) is 12.5 Å². The Labute approximate surface area is 200 Å². The van der Waals surface area contributed by atoms with Gasteiger partial charge in [-0.3, -0.25) is 4.79 Å². The number of aromatic carboxylic acids is 1.